The van der Waals surface area contributed by atoms with Crippen LogP contribution >= 0.6 is 0 Å². The molecule has 0 aromatic heterocycles. The number of nitrogen functional groups attached to an aromatic ring is 1. The van der Waals surface area contributed by atoms with Gasteiger partial charge in [-0.2, -0.15) is 4.99 Å². The van der Waals surface area contributed by atoms with Crippen molar-refractivity contribution in [1.82, 2.24) is 20.4 Å². The molecule has 2 fully saturated rings. The van der Waals surface area contributed by atoms with Gasteiger partial charge in [-0.25, -0.2) is 13.8 Å². The van der Waals surface area contributed by atoms with Gasteiger partial charge >= 0.3 is 6.02 Å². The first-order valence-corrected chi connectivity index (χ1v) is 15.4. The van der Waals surface area contributed by atoms with Gasteiger partial charge in [-0.1, -0.05) is 50.8 Å². The van der Waals surface area contributed by atoms with E-state index in [1.807, 2.05) is 4.90 Å². The molecule has 0 unspecified atom stereocenters. The molecule has 0 radical (unpaired) electrons. The fraction of sp³-hybridized carbons (Fsp3) is 0.455. The predicted octanol–water partition coefficient (Wildman–Crippen LogP) is 4.77. The number of nitrogens with one attached hydrogen (secondary N) is 2. The molecule has 0 saturated carbocycles. The van der Waals surface area contributed by atoms with Crippen LogP contribution in [0.1, 0.15) is 55.7 Å². The number of halogens is 2. The maximum Gasteiger partial charge on any atom is 0.314 e. The van der Waals surface area contributed by atoms with Crippen LogP contribution in [0.25, 0.3) is 5.70 Å². The second-order valence-electron chi connectivity index (χ2n) is 11.3. The molecule has 2 aliphatic rings. The summed E-state index contributed by atoms with van der Waals surface area (Å²) >= 11 is 0. The standard InChI is InChI=1S/C33H46F2N8O/c1-4-5-16-44-33(40-22-36)41-31-19-39-24(3)43(31)21-27-8-6-26(7-9-27)20-42-14-11-25(12-15-42)10-13-38-23(2)28-17-29(34)32(37)30(35)18-28/h6-9,17-18,25,38-39H,2-5,10-16,19-22,36-37H2,1H3/b40-33+,41-31+. The van der Waals surface area contributed by atoms with Gasteiger partial charge in [-0.05, 0) is 68.0 Å². The number of hydrogen-bond donors (Lipinski definition) is 4. The Morgan fingerprint density at radius 1 is 1.11 bits per heavy atom. The number of benzene rings is 2. The van der Waals surface area contributed by atoms with Gasteiger partial charge < -0.3 is 31.7 Å². The zero-order chi connectivity index (χ0) is 31.5. The maximum atomic E-state index is 13.8. The summed E-state index contributed by atoms with van der Waals surface area (Å²) in [7, 11) is 0. The van der Waals surface area contributed by atoms with E-state index < -0.39 is 17.3 Å². The average Bonchev–Trinajstić information content (AvgIpc) is 3.35. The number of aliphatic imine (C=N–C) groups is 2. The fourth-order valence-corrected chi connectivity index (χ4v) is 5.34. The van der Waals surface area contributed by atoms with E-state index in [-0.39, 0.29) is 6.67 Å². The zero-order valence-electron chi connectivity index (χ0n) is 25.8. The summed E-state index contributed by atoms with van der Waals surface area (Å²) in [6.45, 7) is 15.7. The van der Waals surface area contributed by atoms with Gasteiger partial charge in [-0.15, -0.1) is 0 Å². The largest absolute Gasteiger partial charge is 0.464 e. The molecule has 9 nitrogen and oxygen atoms in total. The topological polar surface area (TPSA) is 117 Å². The van der Waals surface area contributed by atoms with Crippen molar-refractivity contribution >= 4 is 23.2 Å². The summed E-state index contributed by atoms with van der Waals surface area (Å²) in [4.78, 5) is 13.4. The van der Waals surface area contributed by atoms with Gasteiger partial charge in [0.05, 0.1) is 26.4 Å². The summed E-state index contributed by atoms with van der Waals surface area (Å²) in [5, 5.41) is 6.48. The molecule has 2 heterocycles. The molecule has 4 rings (SSSR count). The third-order valence-corrected chi connectivity index (χ3v) is 8.06. The summed E-state index contributed by atoms with van der Waals surface area (Å²) in [5.41, 5.74) is 13.8. The molecule has 0 spiro atoms. The Kier molecular flexibility index (Phi) is 12.1. The Bertz CT molecular complexity index is 1310. The Morgan fingerprint density at radius 2 is 1.77 bits per heavy atom. The molecule has 0 aliphatic carbocycles. The summed E-state index contributed by atoms with van der Waals surface area (Å²) in [6, 6.07) is 11.4. The summed E-state index contributed by atoms with van der Waals surface area (Å²) in [6.07, 6.45) is 5.17. The van der Waals surface area contributed by atoms with E-state index in [1.54, 1.807) is 0 Å². The maximum absolute atomic E-state index is 13.8. The van der Waals surface area contributed by atoms with Crippen molar-refractivity contribution in [2.75, 3.05) is 45.2 Å². The molecule has 2 aliphatic heterocycles. The highest BCUT2D eigenvalue weighted by Crippen LogP contribution is 2.24. The average molecular weight is 609 g/mol. The van der Waals surface area contributed by atoms with Crippen LogP contribution in [0.5, 0.6) is 0 Å². The molecule has 6 N–H and O–H groups in total. The van der Waals surface area contributed by atoms with Gasteiger partial charge in [0.2, 0.25) is 0 Å². The van der Waals surface area contributed by atoms with Gasteiger partial charge in [0.25, 0.3) is 0 Å². The molecule has 11 heteroatoms. The fourth-order valence-electron chi connectivity index (χ4n) is 5.34. The van der Waals surface area contributed by atoms with Gasteiger partial charge in [0, 0.05) is 24.4 Å². The molecule has 0 amide bonds. The van der Waals surface area contributed by atoms with Crippen LogP contribution in [-0.4, -0.2) is 61.1 Å². The first kappa shape index (κ1) is 32.9. The molecular formula is C33H46F2N8O. The molecule has 238 valence electrons. The van der Waals surface area contributed by atoms with Crippen molar-refractivity contribution < 1.29 is 13.5 Å². The van der Waals surface area contributed by atoms with Crippen LogP contribution < -0.4 is 22.1 Å². The molecule has 44 heavy (non-hydrogen) atoms. The third kappa shape index (κ3) is 9.27. The lowest BCUT2D eigenvalue weighted by molar-refractivity contribution is 0.172. The molecule has 2 saturated heterocycles. The minimum Gasteiger partial charge on any atom is -0.464 e. The monoisotopic (exact) mass is 608 g/mol. The summed E-state index contributed by atoms with van der Waals surface area (Å²) in [5.74, 6) is 0.659. The van der Waals surface area contributed by atoms with Crippen molar-refractivity contribution in [3.05, 3.63) is 83.7 Å². The van der Waals surface area contributed by atoms with Crippen LogP contribution in [0.15, 0.2) is 65.4 Å². The number of amidine groups is 2. The highest BCUT2D eigenvalue weighted by molar-refractivity contribution is 5.97. The molecule has 2 aromatic carbocycles. The minimum atomic E-state index is -0.769. The smallest absolute Gasteiger partial charge is 0.314 e. The number of rotatable bonds is 13. The number of unbranched alkanes of at least 4 members (excludes halogenated alkanes) is 1. The van der Waals surface area contributed by atoms with Crippen LogP contribution in [-0.2, 0) is 17.8 Å². The lowest BCUT2D eigenvalue weighted by Crippen LogP contribution is -2.34. The Balaban J connectivity index is 1.21. The first-order chi connectivity index (χ1) is 21.3. The zero-order valence-corrected chi connectivity index (χ0v) is 25.8. The van der Waals surface area contributed by atoms with Crippen molar-refractivity contribution in [2.45, 2.75) is 52.1 Å². The SMILES string of the molecule is C=C(NCCC1CCN(Cc2ccc(CN3C(=C)NC/C3=N\C(=N/CN)OCCCC)cc2)CC1)c1cc(F)c(N)c(F)c1. The van der Waals surface area contributed by atoms with E-state index >= 15 is 0 Å². The van der Waals surface area contributed by atoms with Crippen LogP contribution in [0, 0.1) is 17.6 Å². The van der Waals surface area contributed by atoms with E-state index in [1.165, 1.54) is 17.7 Å². The second-order valence-corrected chi connectivity index (χ2v) is 11.3. The Hall–Kier alpha value is -3.96. The van der Waals surface area contributed by atoms with Crippen molar-refractivity contribution in [3.8, 4) is 0 Å². The van der Waals surface area contributed by atoms with Crippen LogP contribution in [0.2, 0.25) is 0 Å². The number of likely N-dealkylation sites (tertiary alicyclic amines) is 1. The predicted molar refractivity (Wildman–Crippen MR) is 174 cm³/mol. The van der Waals surface area contributed by atoms with Crippen LogP contribution in [0.4, 0.5) is 14.5 Å². The number of nitrogens with two attached hydrogens (primary N) is 2. The van der Waals surface area contributed by atoms with E-state index in [0.29, 0.717) is 49.4 Å². The van der Waals surface area contributed by atoms with Crippen molar-refractivity contribution in [2.24, 2.45) is 21.6 Å². The van der Waals surface area contributed by atoms with E-state index in [0.717, 1.165) is 69.0 Å². The van der Waals surface area contributed by atoms with Crippen LogP contribution in [0.3, 0.4) is 0 Å². The number of anilines is 1. The van der Waals surface area contributed by atoms with E-state index in [2.05, 4.69) is 69.9 Å². The third-order valence-electron chi connectivity index (χ3n) is 8.06. The molecule has 0 bridgehead atoms. The van der Waals surface area contributed by atoms with Crippen molar-refractivity contribution in [3.63, 3.8) is 0 Å². The van der Waals surface area contributed by atoms with E-state index in [9.17, 15) is 8.78 Å². The number of ether oxygens (including phenoxy) is 1. The minimum absolute atomic E-state index is 0.122. The molecule has 0 atom stereocenters. The number of nitrogens with zero attached hydrogens (tertiary/aromatic N) is 4. The number of hydrogen-bond acceptors (Lipinski definition) is 7. The molecule has 2 aromatic rings. The highest BCUT2D eigenvalue weighted by Gasteiger charge is 2.24. The van der Waals surface area contributed by atoms with Gasteiger partial charge in [-0.3, -0.25) is 4.90 Å². The van der Waals surface area contributed by atoms with Gasteiger partial charge in [0.15, 0.2) is 0 Å². The first-order valence-electron chi connectivity index (χ1n) is 15.4. The Labute approximate surface area is 259 Å². The van der Waals surface area contributed by atoms with Crippen molar-refractivity contribution in [1.29, 1.82) is 0 Å². The normalized spacial score (nSPS) is 17.3. The highest BCUT2D eigenvalue weighted by atomic mass is 19.1. The lowest BCUT2D eigenvalue weighted by atomic mass is 9.93. The lowest BCUT2D eigenvalue weighted by Gasteiger charge is -2.32. The number of piperidine rings is 1. The Morgan fingerprint density at radius 3 is 2.41 bits per heavy atom. The van der Waals surface area contributed by atoms with E-state index in [4.69, 9.17) is 16.2 Å². The summed E-state index contributed by atoms with van der Waals surface area (Å²) < 4.78 is 33.3. The van der Waals surface area contributed by atoms with Gasteiger partial charge in [0.1, 0.15) is 29.0 Å². The quantitative estimate of drug-likeness (QED) is 0.112. The molecular weight excluding hydrogens is 562 g/mol. The second kappa shape index (κ2) is 16.2.